The van der Waals surface area contributed by atoms with Gasteiger partial charge in [0.15, 0.2) is 0 Å². The van der Waals surface area contributed by atoms with Crippen LogP contribution in [-0.4, -0.2) is 41.3 Å². The zero-order valence-corrected chi connectivity index (χ0v) is 10.6. The molecule has 2 rings (SSSR count). The standard InChI is InChI=1S/C12H21NOS/c1-9(14)10-7-11(8-10)13-5-3-12(15-2)4-6-13/h10-12H,3-8H2,1-2H3. The fourth-order valence-corrected chi connectivity index (χ4v) is 3.38. The molecule has 0 aromatic heterocycles. The van der Waals surface area contributed by atoms with Crippen molar-refractivity contribution in [1.82, 2.24) is 4.90 Å². The number of hydrogen-bond acceptors (Lipinski definition) is 3. The number of thioether (sulfide) groups is 1. The van der Waals surface area contributed by atoms with E-state index in [0.717, 1.165) is 24.1 Å². The second-order valence-electron chi connectivity index (χ2n) is 4.90. The molecule has 0 N–H and O–H groups in total. The van der Waals surface area contributed by atoms with Crippen LogP contribution in [0, 0.1) is 5.92 Å². The number of Topliss-reactive ketones (excluding diaryl/α,β-unsaturated/α-hetero) is 1. The van der Waals surface area contributed by atoms with E-state index >= 15 is 0 Å². The van der Waals surface area contributed by atoms with Gasteiger partial charge in [-0.05, 0) is 52.0 Å². The van der Waals surface area contributed by atoms with Crippen molar-refractivity contribution >= 4 is 17.5 Å². The predicted molar refractivity (Wildman–Crippen MR) is 65.3 cm³/mol. The molecule has 1 aliphatic carbocycles. The van der Waals surface area contributed by atoms with E-state index < -0.39 is 0 Å². The van der Waals surface area contributed by atoms with Gasteiger partial charge in [0.1, 0.15) is 5.78 Å². The van der Waals surface area contributed by atoms with Crippen molar-refractivity contribution in [1.29, 1.82) is 0 Å². The molecule has 15 heavy (non-hydrogen) atoms. The summed E-state index contributed by atoms with van der Waals surface area (Å²) in [6.07, 6.45) is 7.14. The molecule has 2 nitrogen and oxygen atoms in total. The van der Waals surface area contributed by atoms with E-state index in [2.05, 4.69) is 11.2 Å². The third-order valence-electron chi connectivity index (χ3n) is 4.01. The Morgan fingerprint density at radius 3 is 2.33 bits per heavy atom. The number of rotatable bonds is 3. The van der Waals surface area contributed by atoms with Crippen molar-refractivity contribution in [2.24, 2.45) is 5.92 Å². The van der Waals surface area contributed by atoms with E-state index in [1.54, 1.807) is 6.92 Å². The maximum absolute atomic E-state index is 11.1. The van der Waals surface area contributed by atoms with Crippen LogP contribution in [0.5, 0.6) is 0 Å². The number of carbonyl (C=O) groups is 1. The fourth-order valence-electron chi connectivity index (χ4n) is 2.69. The molecule has 1 saturated heterocycles. The molecular formula is C12H21NOS. The molecule has 1 aliphatic heterocycles. The number of carbonyl (C=O) groups excluding carboxylic acids is 1. The molecule has 2 aliphatic rings. The Kier molecular flexibility index (Phi) is 3.73. The molecule has 3 heteroatoms. The maximum Gasteiger partial charge on any atom is 0.133 e. The lowest BCUT2D eigenvalue weighted by molar-refractivity contribution is -0.125. The van der Waals surface area contributed by atoms with Crippen molar-refractivity contribution < 1.29 is 4.79 Å². The lowest BCUT2D eigenvalue weighted by Gasteiger charge is -2.44. The van der Waals surface area contributed by atoms with Crippen molar-refractivity contribution in [2.45, 2.75) is 43.9 Å². The highest BCUT2D eigenvalue weighted by Crippen LogP contribution is 2.34. The summed E-state index contributed by atoms with van der Waals surface area (Å²) in [7, 11) is 0. The first-order valence-electron chi connectivity index (χ1n) is 5.98. The number of likely N-dealkylation sites (tertiary alicyclic amines) is 1. The summed E-state index contributed by atoms with van der Waals surface area (Å²) in [5, 5.41) is 0.880. The van der Waals surface area contributed by atoms with Gasteiger partial charge in [0.25, 0.3) is 0 Å². The average Bonchev–Trinajstić information content (AvgIpc) is 2.16. The number of hydrogen-bond donors (Lipinski definition) is 0. The Morgan fingerprint density at radius 1 is 1.27 bits per heavy atom. The molecule has 0 spiro atoms. The molecule has 0 bridgehead atoms. The molecule has 1 heterocycles. The maximum atomic E-state index is 11.1. The van der Waals surface area contributed by atoms with Crippen LogP contribution in [0.2, 0.25) is 0 Å². The van der Waals surface area contributed by atoms with E-state index in [0.29, 0.717) is 11.7 Å². The van der Waals surface area contributed by atoms with E-state index in [4.69, 9.17) is 0 Å². The van der Waals surface area contributed by atoms with Gasteiger partial charge in [0.2, 0.25) is 0 Å². The lowest BCUT2D eigenvalue weighted by atomic mass is 9.76. The van der Waals surface area contributed by atoms with Crippen LogP contribution in [0.25, 0.3) is 0 Å². The molecule has 0 aromatic carbocycles. The van der Waals surface area contributed by atoms with Crippen LogP contribution in [0.15, 0.2) is 0 Å². The minimum atomic E-state index is 0.383. The van der Waals surface area contributed by atoms with Crippen LogP contribution < -0.4 is 0 Å². The molecule has 0 unspecified atom stereocenters. The van der Waals surface area contributed by atoms with Gasteiger partial charge in [-0.3, -0.25) is 4.79 Å². The van der Waals surface area contributed by atoms with Crippen LogP contribution in [0.3, 0.4) is 0 Å². The van der Waals surface area contributed by atoms with Gasteiger partial charge in [-0.15, -0.1) is 0 Å². The SMILES string of the molecule is CSC1CCN(C2CC(C(C)=O)C2)CC1. The van der Waals surface area contributed by atoms with Crippen molar-refractivity contribution in [3.63, 3.8) is 0 Å². The highest BCUT2D eigenvalue weighted by Gasteiger charge is 2.37. The third kappa shape index (κ3) is 2.56. The Balaban J connectivity index is 1.72. The van der Waals surface area contributed by atoms with E-state index in [-0.39, 0.29) is 0 Å². The first kappa shape index (κ1) is 11.5. The van der Waals surface area contributed by atoms with Crippen LogP contribution in [0.1, 0.15) is 32.6 Å². The summed E-state index contributed by atoms with van der Waals surface area (Å²) < 4.78 is 0. The molecule has 0 aromatic rings. The molecular weight excluding hydrogens is 206 g/mol. The van der Waals surface area contributed by atoms with Gasteiger partial charge in [0.05, 0.1) is 0 Å². The minimum Gasteiger partial charge on any atom is -0.300 e. The van der Waals surface area contributed by atoms with Gasteiger partial charge in [-0.1, -0.05) is 0 Å². The van der Waals surface area contributed by atoms with Crippen LogP contribution in [0.4, 0.5) is 0 Å². The Morgan fingerprint density at radius 2 is 1.87 bits per heavy atom. The molecule has 1 saturated carbocycles. The van der Waals surface area contributed by atoms with Gasteiger partial charge in [0, 0.05) is 17.2 Å². The smallest absolute Gasteiger partial charge is 0.133 e. The van der Waals surface area contributed by atoms with Crippen LogP contribution >= 0.6 is 11.8 Å². The van der Waals surface area contributed by atoms with Crippen molar-refractivity contribution in [2.75, 3.05) is 19.3 Å². The monoisotopic (exact) mass is 227 g/mol. The largest absolute Gasteiger partial charge is 0.300 e. The molecule has 0 amide bonds. The molecule has 0 atom stereocenters. The summed E-state index contributed by atoms with van der Waals surface area (Å²) in [6, 6.07) is 0.724. The summed E-state index contributed by atoms with van der Waals surface area (Å²) in [5.74, 6) is 0.776. The Hall–Kier alpha value is -0.0200. The zero-order valence-electron chi connectivity index (χ0n) is 9.74. The Bertz CT molecular complexity index is 230. The zero-order chi connectivity index (χ0) is 10.8. The van der Waals surface area contributed by atoms with E-state index in [1.165, 1.54) is 25.9 Å². The number of nitrogens with zero attached hydrogens (tertiary/aromatic N) is 1. The van der Waals surface area contributed by atoms with Gasteiger partial charge in [-0.25, -0.2) is 0 Å². The van der Waals surface area contributed by atoms with E-state index in [1.807, 2.05) is 11.8 Å². The van der Waals surface area contributed by atoms with Gasteiger partial charge >= 0.3 is 0 Å². The molecule has 2 fully saturated rings. The summed E-state index contributed by atoms with van der Waals surface area (Å²) in [5.41, 5.74) is 0. The normalized spacial score (nSPS) is 33.7. The molecule has 86 valence electrons. The first-order chi connectivity index (χ1) is 7.20. The topological polar surface area (TPSA) is 20.3 Å². The second-order valence-corrected chi connectivity index (χ2v) is 6.04. The highest BCUT2D eigenvalue weighted by molar-refractivity contribution is 7.99. The predicted octanol–water partition coefficient (Wildman–Crippen LogP) is 2.18. The van der Waals surface area contributed by atoms with Crippen LogP contribution in [-0.2, 0) is 4.79 Å². The molecule has 0 radical (unpaired) electrons. The quantitative estimate of drug-likeness (QED) is 0.737. The fraction of sp³-hybridized carbons (Fsp3) is 0.917. The first-order valence-corrected chi connectivity index (χ1v) is 7.26. The summed E-state index contributed by atoms with van der Waals surface area (Å²) in [6.45, 7) is 4.24. The Labute approximate surface area is 96.8 Å². The summed E-state index contributed by atoms with van der Waals surface area (Å²) in [4.78, 5) is 13.7. The van der Waals surface area contributed by atoms with Crippen molar-refractivity contribution in [3.05, 3.63) is 0 Å². The minimum absolute atomic E-state index is 0.383. The van der Waals surface area contributed by atoms with E-state index in [9.17, 15) is 4.79 Å². The van der Waals surface area contributed by atoms with Gasteiger partial charge in [-0.2, -0.15) is 11.8 Å². The number of piperidine rings is 1. The third-order valence-corrected chi connectivity index (χ3v) is 5.15. The second kappa shape index (κ2) is 4.88. The van der Waals surface area contributed by atoms with Gasteiger partial charge < -0.3 is 4.90 Å². The number of ketones is 1. The lowest BCUT2D eigenvalue weighted by Crippen LogP contribution is -2.49. The highest BCUT2D eigenvalue weighted by atomic mass is 32.2. The van der Waals surface area contributed by atoms with Crippen molar-refractivity contribution in [3.8, 4) is 0 Å². The average molecular weight is 227 g/mol. The summed E-state index contributed by atoms with van der Waals surface area (Å²) >= 11 is 2.01.